The number of hydrogen-bond acceptors (Lipinski definition) is 6. The Morgan fingerprint density at radius 2 is 2.00 bits per heavy atom. The van der Waals surface area contributed by atoms with Gasteiger partial charge in [0.05, 0.1) is 0 Å². The van der Waals surface area contributed by atoms with Crippen LogP contribution in [0.4, 0.5) is 11.6 Å². The molecular weight excluding hydrogens is 252 g/mol. The molecule has 1 saturated heterocycles. The lowest BCUT2D eigenvalue weighted by molar-refractivity contribution is 0.269. The zero-order valence-corrected chi connectivity index (χ0v) is 12.5. The van der Waals surface area contributed by atoms with Gasteiger partial charge >= 0.3 is 0 Å². The smallest absolute Gasteiger partial charge is 0.148 e. The lowest BCUT2D eigenvalue weighted by Gasteiger charge is -2.24. The molecule has 1 fully saturated rings. The molecule has 2 rings (SSSR count). The molecule has 6 nitrogen and oxygen atoms in total. The van der Waals surface area contributed by atoms with E-state index in [-0.39, 0.29) is 0 Å². The van der Waals surface area contributed by atoms with Crippen molar-refractivity contribution in [3.8, 4) is 0 Å². The second-order valence-corrected chi connectivity index (χ2v) is 5.42. The summed E-state index contributed by atoms with van der Waals surface area (Å²) in [6.07, 6.45) is 6.15. The molecule has 1 aromatic heterocycles. The Balaban J connectivity index is 2.00. The van der Waals surface area contributed by atoms with E-state index in [0.717, 1.165) is 36.6 Å². The molecule has 1 unspecified atom stereocenters. The van der Waals surface area contributed by atoms with Gasteiger partial charge in [0.1, 0.15) is 18.0 Å². The van der Waals surface area contributed by atoms with Crippen LogP contribution in [-0.4, -0.2) is 40.5 Å². The van der Waals surface area contributed by atoms with Crippen molar-refractivity contribution in [3.05, 3.63) is 11.9 Å². The molecule has 2 heterocycles. The fraction of sp³-hybridized carbons (Fsp3) is 0.714. The summed E-state index contributed by atoms with van der Waals surface area (Å²) >= 11 is 0. The Kier molecular flexibility index (Phi) is 5.55. The van der Waals surface area contributed by atoms with Gasteiger partial charge in [-0.3, -0.25) is 4.90 Å². The van der Waals surface area contributed by atoms with E-state index in [0.29, 0.717) is 6.04 Å². The Morgan fingerprint density at radius 3 is 2.65 bits per heavy atom. The Hall–Kier alpha value is -1.40. The van der Waals surface area contributed by atoms with E-state index >= 15 is 0 Å². The molecule has 6 heteroatoms. The van der Waals surface area contributed by atoms with Crippen LogP contribution >= 0.6 is 0 Å². The minimum atomic E-state index is 0.524. The number of rotatable bonds is 7. The van der Waals surface area contributed by atoms with Gasteiger partial charge in [-0.1, -0.05) is 13.3 Å². The topological polar surface area (TPSA) is 79.1 Å². The molecule has 1 aliphatic heterocycles. The van der Waals surface area contributed by atoms with E-state index < -0.39 is 0 Å². The maximum absolute atomic E-state index is 5.53. The monoisotopic (exact) mass is 278 g/mol. The highest BCUT2D eigenvalue weighted by atomic mass is 15.3. The van der Waals surface area contributed by atoms with Crippen LogP contribution in [0, 0.1) is 0 Å². The van der Waals surface area contributed by atoms with E-state index in [2.05, 4.69) is 39.5 Å². The van der Waals surface area contributed by atoms with Crippen LogP contribution in [0.3, 0.4) is 0 Å². The maximum atomic E-state index is 5.53. The van der Waals surface area contributed by atoms with Gasteiger partial charge in [0, 0.05) is 18.2 Å². The third-order valence-corrected chi connectivity index (χ3v) is 3.91. The van der Waals surface area contributed by atoms with Gasteiger partial charge in [-0.05, 0) is 39.3 Å². The van der Waals surface area contributed by atoms with Crippen molar-refractivity contribution in [2.24, 2.45) is 5.84 Å². The summed E-state index contributed by atoms with van der Waals surface area (Å²) in [5, 5.41) is 3.46. The highest BCUT2D eigenvalue weighted by molar-refractivity contribution is 5.56. The van der Waals surface area contributed by atoms with Crippen molar-refractivity contribution < 1.29 is 0 Å². The summed E-state index contributed by atoms with van der Waals surface area (Å²) in [6.45, 7) is 7.73. The Morgan fingerprint density at radius 1 is 1.30 bits per heavy atom. The SMILES string of the molecule is CCCc1c(NN)ncnc1NCC(C)N1CCCC1. The van der Waals surface area contributed by atoms with Crippen molar-refractivity contribution in [3.63, 3.8) is 0 Å². The molecule has 0 saturated carbocycles. The van der Waals surface area contributed by atoms with Gasteiger partial charge in [-0.15, -0.1) is 0 Å². The average Bonchev–Trinajstić information content (AvgIpc) is 3.00. The average molecular weight is 278 g/mol. The lowest BCUT2D eigenvalue weighted by atomic mass is 10.1. The van der Waals surface area contributed by atoms with Crippen LogP contribution in [0.2, 0.25) is 0 Å². The summed E-state index contributed by atoms with van der Waals surface area (Å²) in [4.78, 5) is 11.1. The first-order valence-corrected chi connectivity index (χ1v) is 7.54. The maximum Gasteiger partial charge on any atom is 0.148 e. The predicted octanol–water partition coefficient (Wildman–Crippen LogP) is 1.61. The molecule has 0 bridgehead atoms. The van der Waals surface area contributed by atoms with Crippen LogP contribution in [0.15, 0.2) is 6.33 Å². The first-order chi connectivity index (χ1) is 9.76. The van der Waals surface area contributed by atoms with E-state index in [4.69, 9.17) is 5.84 Å². The number of hydrazine groups is 1. The summed E-state index contributed by atoms with van der Waals surface area (Å²) in [5.41, 5.74) is 3.74. The van der Waals surface area contributed by atoms with Crippen LogP contribution < -0.4 is 16.6 Å². The zero-order chi connectivity index (χ0) is 14.4. The summed E-state index contributed by atoms with van der Waals surface area (Å²) in [5.74, 6) is 7.15. The van der Waals surface area contributed by atoms with Crippen LogP contribution in [-0.2, 0) is 6.42 Å². The highest BCUT2D eigenvalue weighted by Crippen LogP contribution is 2.21. The van der Waals surface area contributed by atoms with E-state index in [9.17, 15) is 0 Å². The summed E-state index contributed by atoms with van der Waals surface area (Å²) < 4.78 is 0. The van der Waals surface area contributed by atoms with Crippen LogP contribution in [0.5, 0.6) is 0 Å². The van der Waals surface area contributed by atoms with Gasteiger partial charge in [-0.2, -0.15) is 0 Å². The molecule has 0 aliphatic carbocycles. The summed E-state index contributed by atoms with van der Waals surface area (Å²) in [6, 6.07) is 0.524. The van der Waals surface area contributed by atoms with Crippen molar-refractivity contribution in [1.82, 2.24) is 14.9 Å². The van der Waals surface area contributed by atoms with Crippen molar-refractivity contribution in [1.29, 1.82) is 0 Å². The fourth-order valence-electron chi connectivity index (χ4n) is 2.73. The quantitative estimate of drug-likeness (QED) is 0.519. The van der Waals surface area contributed by atoms with Crippen LogP contribution in [0.25, 0.3) is 0 Å². The van der Waals surface area contributed by atoms with Gasteiger partial charge < -0.3 is 10.7 Å². The normalized spacial score (nSPS) is 17.1. The zero-order valence-electron chi connectivity index (χ0n) is 12.5. The van der Waals surface area contributed by atoms with Gasteiger partial charge in [0.25, 0.3) is 0 Å². The molecule has 1 atom stereocenters. The molecule has 1 aliphatic rings. The van der Waals surface area contributed by atoms with E-state index in [1.165, 1.54) is 25.9 Å². The lowest BCUT2D eigenvalue weighted by Crippen LogP contribution is -2.35. The van der Waals surface area contributed by atoms with Crippen molar-refractivity contribution >= 4 is 11.6 Å². The number of nitrogens with two attached hydrogens (primary N) is 1. The second kappa shape index (κ2) is 7.40. The largest absolute Gasteiger partial charge is 0.368 e. The van der Waals surface area contributed by atoms with Gasteiger partial charge in [0.15, 0.2) is 0 Å². The molecule has 20 heavy (non-hydrogen) atoms. The predicted molar refractivity (Wildman–Crippen MR) is 82.6 cm³/mol. The molecule has 0 spiro atoms. The van der Waals surface area contributed by atoms with E-state index in [1.807, 2.05) is 0 Å². The molecule has 112 valence electrons. The highest BCUT2D eigenvalue weighted by Gasteiger charge is 2.18. The first kappa shape index (κ1) is 15.0. The Bertz CT molecular complexity index is 416. The number of nitrogens with zero attached hydrogens (tertiary/aromatic N) is 3. The second-order valence-electron chi connectivity index (χ2n) is 5.42. The first-order valence-electron chi connectivity index (χ1n) is 7.54. The molecule has 4 N–H and O–H groups in total. The third kappa shape index (κ3) is 3.58. The minimum Gasteiger partial charge on any atom is -0.368 e. The van der Waals surface area contributed by atoms with E-state index in [1.54, 1.807) is 6.33 Å². The van der Waals surface area contributed by atoms with Gasteiger partial charge in [0.2, 0.25) is 0 Å². The number of aromatic nitrogens is 2. The van der Waals surface area contributed by atoms with Crippen molar-refractivity contribution in [2.45, 2.75) is 45.6 Å². The fourth-order valence-corrected chi connectivity index (χ4v) is 2.73. The number of nitrogens with one attached hydrogen (secondary N) is 2. The number of likely N-dealkylation sites (tertiary alicyclic amines) is 1. The van der Waals surface area contributed by atoms with Crippen LogP contribution in [0.1, 0.15) is 38.7 Å². The Labute approximate surface area is 121 Å². The van der Waals surface area contributed by atoms with Gasteiger partial charge in [-0.25, -0.2) is 15.8 Å². The minimum absolute atomic E-state index is 0.524. The molecule has 0 amide bonds. The van der Waals surface area contributed by atoms with Crippen molar-refractivity contribution in [2.75, 3.05) is 30.4 Å². The number of hydrogen-bond donors (Lipinski definition) is 3. The molecule has 0 radical (unpaired) electrons. The molecule has 0 aromatic carbocycles. The molecule has 1 aromatic rings. The number of nitrogen functional groups attached to an aromatic ring is 1. The third-order valence-electron chi connectivity index (χ3n) is 3.91. The number of anilines is 2. The standard InChI is InChI=1S/C14H26N6/c1-3-6-12-13(17-10-18-14(12)19-15)16-9-11(2)20-7-4-5-8-20/h10-11H,3-9,15H2,1-2H3,(H2,16,17,18,19). The molecular formula is C14H26N6. The summed E-state index contributed by atoms with van der Waals surface area (Å²) in [7, 11) is 0.